The Labute approximate surface area is 105 Å². The predicted molar refractivity (Wildman–Crippen MR) is 69.3 cm³/mol. The first-order chi connectivity index (χ1) is 8.65. The van der Waals surface area contributed by atoms with Gasteiger partial charge in [0.25, 0.3) is 0 Å². The quantitative estimate of drug-likeness (QED) is 0.368. The summed E-state index contributed by atoms with van der Waals surface area (Å²) in [6.45, 7) is 0.962. The van der Waals surface area contributed by atoms with Gasteiger partial charge in [0, 0.05) is 19.2 Å². The highest BCUT2D eigenvalue weighted by molar-refractivity contribution is 5.57. The summed E-state index contributed by atoms with van der Waals surface area (Å²) in [5, 5.41) is 22.2. The van der Waals surface area contributed by atoms with Crippen molar-refractivity contribution in [2.45, 2.75) is 25.7 Å². The molecule has 1 heterocycles. The molecule has 0 saturated carbocycles. The fourth-order valence-electron chi connectivity index (χ4n) is 1.53. The summed E-state index contributed by atoms with van der Waals surface area (Å²) in [5.41, 5.74) is 5.29. The van der Waals surface area contributed by atoms with Crippen LogP contribution < -0.4 is 11.1 Å². The largest absolute Gasteiger partial charge is 0.396 e. The van der Waals surface area contributed by atoms with Crippen molar-refractivity contribution in [1.29, 1.82) is 0 Å². The molecule has 1 aromatic rings. The Morgan fingerprint density at radius 1 is 1.33 bits per heavy atom. The van der Waals surface area contributed by atoms with E-state index in [9.17, 15) is 10.1 Å². The van der Waals surface area contributed by atoms with Crippen LogP contribution in [0.15, 0.2) is 12.1 Å². The molecule has 0 unspecified atom stereocenters. The lowest BCUT2D eigenvalue weighted by Crippen LogP contribution is -2.06. The van der Waals surface area contributed by atoms with Crippen molar-refractivity contribution in [1.82, 2.24) is 4.98 Å². The van der Waals surface area contributed by atoms with E-state index in [1.165, 1.54) is 6.07 Å². The highest BCUT2D eigenvalue weighted by atomic mass is 16.6. The van der Waals surface area contributed by atoms with Gasteiger partial charge >= 0.3 is 5.69 Å². The van der Waals surface area contributed by atoms with Crippen LogP contribution in [0, 0.1) is 10.1 Å². The average molecular weight is 254 g/mol. The zero-order chi connectivity index (χ0) is 13.4. The number of hydrogen-bond donors (Lipinski definition) is 3. The summed E-state index contributed by atoms with van der Waals surface area (Å²) in [7, 11) is 0. The zero-order valence-electron chi connectivity index (χ0n) is 10.1. The third-order valence-electron chi connectivity index (χ3n) is 2.49. The van der Waals surface area contributed by atoms with Gasteiger partial charge in [-0.3, -0.25) is 10.1 Å². The van der Waals surface area contributed by atoms with Gasteiger partial charge in [-0.2, -0.15) is 0 Å². The minimum Gasteiger partial charge on any atom is -0.396 e. The molecule has 0 fully saturated rings. The topological polar surface area (TPSA) is 114 Å². The summed E-state index contributed by atoms with van der Waals surface area (Å²) >= 11 is 0. The van der Waals surface area contributed by atoms with E-state index in [0.717, 1.165) is 32.2 Å². The molecule has 4 N–H and O–H groups in total. The minimum atomic E-state index is -0.555. The number of unbranched alkanes of at least 4 members (excludes halogenated alkanes) is 3. The molecule has 18 heavy (non-hydrogen) atoms. The number of aliphatic hydroxyl groups is 1. The van der Waals surface area contributed by atoms with E-state index < -0.39 is 4.92 Å². The van der Waals surface area contributed by atoms with Crippen LogP contribution in [0.2, 0.25) is 0 Å². The van der Waals surface area contributed by atoms with Gasteiger partial charge in [0.05, 0.1) is 4.92 Å². The fraction of sp³-hybridized carbons (Fsp3) is 0.545. The van der Waals surface area contributed by atoms with Crippen LogP contribution >= 0.6 is 0 Å². The Kier molecular flexibility index (Phi) is 5.86. The number of nitrogens with one attached hydrogen (secondary N) is 1. The summed E-state index contributed by atoms with van der Waals surface area (Å²) in [6, 6.07) is 2.89. The van der Waals surface area contributed by atoms with Crippen LogP contribution in [-0.4, -0.2) is 28.2 Å². The molecular formula is C11H18N4O3. The van der Waals surface area contributed by atoms with Crippen LogP contribution in [0.25, 0.3) is 0 Å². The van der Waals surface area contributed by atoms with Gasteiger partial charge in [-0.1, -0.05) is 12.8 Å². The Bertz CT molecular complexity index is 398. The van der Waals surface area contributed by atoms with E-state index in [0.29, 0.717) is 5.82 Å². The molecule has 1 aromatic heterocycles. The standard InChI is InChI=1S/C11H18N4O3/c12-11-9(15(17)18)5-6-10(14-11)13-7-3-1-2-4-8-16/h5-6,16H,1-4,7-8H2,(H3,12,13,14). The lowest BCUT2D eigenvalue weighted by molar-refractivity contribution is -0.384. The van der Waals surface area contributed by atoms with E-state index in [4.69, 9.17) is 10.8 Å². The number of nitrogens with two attached hydrogens (primary N) is 1. The molecule has 0 aliphatic carbocycles. The summed E-state index contributed by atoms with van der Waals surface area (Å²) in [5.74, 6) is 0.463. The maximum atomic E-state index is 10.5. The average Bonchev–Trinajstić information content (AvgIpc) is 2.33. The van der Waals surface area contributed by atoms with Crippen LogP contribution in [0.1, 0.15) is 25.7 Å². The molecule has 0 atom stereocenters. The second-order valence-electron chi connectivity index (χ2n) is 3.92. The van der Waals surface area contributed by atoms with E-state index in [2.05, 4.69) is 10.3 Å². The number of nitrogen functional groups attached to an aromatic ring is 1. The first-order valence-corrected chi connectivity index (χ1v) is 5.91. The van der Waals surface area contributed by atoms with Gasteiger partial charge in [0.2, 0.25) is 5.82 Å². The van der Waals surface area contributed by atoms with E-state index in [1.54, 1.807) is 6.07 Å². The normalized spacial score (nSPS) is 10.3. The van der Waals surface area contributed by atoms with Crippen LogP contribution in [0.5, 0.6) is 0 Å². The van der Waals surface area contributed by atoms with E-state index >= 15 is 0 Å². The zero-order valence-corrected chi connectivity index (χ0v) is 10.1. The summed E-state index contributed by atoms with van der Waals surface area (Å²) < 4.78 is 0. The summed E-state index contributed by atoms with van der Waals surface area (Å²) in [6.07, 6.45) is 3.80. The van der Waals surface area contributed by atoms with E-state index in [-0.39, 0.29) is 18.1 Å². The number of nitrogens with zero attached hydrogens (tertiary/aromatic N) is 2. The molecule has 0 amide bonds. The second kappa shape index (κ2) is 7.44. The lowest BCUT2D eigenvalue weighted by atomic mass is 10.2. The molecule has 0 aromatic carbocycles. The SMILES string of the molecule is Nc1nc(NCCCCCCO)ccc1[N+](=O)[O-]. The first kappa shape index (κ1) is 14.2. The number of aromatic nitrogens is 1. The summed E-state index contributed by atoms with van der Waals surface area (Å²) in [4.78, 5) is 13.9. The van der Waals surface area contributed by atoms with Crippen LogP contribution in [0.3, 0.4) is 0 Å². The maximum Gasteiger partial charge on any atom is 0.311 e. The van der Waals surface area contributed by atoms with Crippen LogP contribution in [-0.2, 0) is 0 Å². The fourth-order valence-corrected chi connectivity index (χ4v) is 1.53. The molecule has 0 spiro atoms. The highest BCUT2D eigenvalue weighted by Gasteiger charge is 2.12. The number of rotatable bonds is 8. The molecule has 1 rings (SSSR count). The van der Waals surface area contributed by atoms with Crippen molar-refractivity contribution in [3.63, 3.8) is 0 Å². The van der Waals surface area contributed by atoms with Gasteiger partial charge in [-0.05, 0) is 18.9 Å². The van der Waals surface area contributed by atoms with Crippen molar-refractivity contribution in [3.05, 3.63) is 22.2 Å². The monoisotopic (exact) mass is 254 g/mol. The molecule has 7 heteroatoms. The Morgan fingerprint density at radius 3 is 2.67 bits per heavy atom. The molecule has 0 radical (unpaired) electrons. The lowest BCUT2D eigenvalue weighted by Gasteiger charge is -2.06. The predicted octanol–water partition coefficient (Wildman–Crippen LogP) is 1.54. The van der Waals surface area contributed by atoms with E-state index in [1.807, 2.05) is 0 Å². The molecule has 0 aliphatic heterocycles. The molecule has 0 saturated heterocycles. The highest BCUT2D eigenvalue weighted by Crippen LogP contribution is 2.20. The number of aliphatic hydroxyl groups excluding tert-OH is 1. The minimum absolute atomic E-state index is 0.0784. The smallest absolute Gasteiger partial charge is 0.311 e. The molecule has 0 bridgehead atoms. The van der Waals surface area contributed by atoms with Gasteiger partial charge in [-0.25, -0.2) is 4.98 Å². The van der Waals surface area contributed by atoms with Crippen LogP contribution in [0.4, 0.5) is 17.3 Å². The molecule has 100 valence electrons. The van der Waals surface area contributed by atoms with Gasteiger partial charge < -0.3 is 16.2 Å². The van der Waals surface area contributed by atoms with Crippen molar-refractivity contribution in [2.75, 3.05) is 24.2 Å². The molecule has 0 aliphatic rings. The van der Waals surface area contributed by atoms with Gasteiger partial charge in [-0.15, -0.1) is 0 Å². The van der Waals surface area contributed by atoms with Gasteiger partial charge in [0.1, 0.15) is 5.82 Å². The Morgan fingerprint density at radius 2 is 2.06 bits per heavy atom. The van der Waals surface area contributed by atoms with Crippen molar-refractivity contribution < 1.29 is 10.0 Å². The van der Waals surface area contributed by atoms with Gasteiger partial charge in [0.15, 0.2) is 0 Å². The first-order valence-electron chi connectivity index (χ1n) is 5.91. The van der Waals surface area contributed by atoms with Crippen molar-refractivity contribution in [3.8, 4) is 0 Å². The Hall–Kier alpha value is -1.89. The van der Waals surface area contributed by atoms with Crippen molar-refractivity contribution >= 4 is 17.3 Å². The number of nitro groups is 1. The molecular weight excluding hydrogens is 236 g/mol. The number of anilines is 2. The second-order valence-corrected chi connectivity index (χ2v) is 3.92. The third-order valence-corrected chi connectivity index (χ3v) is 2.49. The molecule has 7 nitrogen and oxygen atoms in total. The van der Waals surface area contributed by atoms with Crippen molar-refractivity contribution in [2.24, 2.45) is 0 Å². The Balaban J connectivity index is 2.35. The maximum absolute atomic E-state index is 10.5. The number of pyridine rings is 1. The number of hydrogen-bond acceptors (Lipinski definition) is 6. The third kappa shape index (κ3) is 4.54.